The molecule has 2 rings (SSSR count). The summed E-state index contributed by atoms with van der Waals surface area (Å²) in [6.07, 6.45) is 3.66. The van der Waals surface area contributed by atoms with Gasteiger partial charge in [0.2, 0.25) is 0 Å². The molecule has 1 heterocycles. The number of aryl methyl sites for hydroxylation is 1. The zero-order chi connectivity index (χ0) is 12.1. The van der Waals surface area contributed by atoms with Crippen molar-refractivity contribution >= 4 is 5.69 Å². The van der Waals surface area contributed by atoms with Crippen molar-refractivity contribution < 1.29 is 0 Å². The lowest BCUT2D eigenvalue weighted by molar-refractivity contribution is 0.642. The molecule has 90 valence electrons. The van der Waals surface area contributed by atoms with Gasteiger partial charge in [-0.3, -0.25) is 9.13 Å². The fraction of sp³-hybridized carbons (Fsp3) is 0.308. The summed E-state index contributed by atoms with van der Waals surface area (Å²) in [4.78, 5) is 11.7. The Morgan fingerprint density at radius 1 is 1.12 bits per heavy atom. The summed E-state index contributed by atoms with van der Waals surface area (Å²) in [5, 5.41) is 3.28. The molecular weight excluding hydrogens is 214 g/mol. The van der Waals surface area contributed by atoms with Crippen molar-refractivity contribution in [3.63, 3.8) is 0 Å². The average Bonchev–Trinajstić information content (AvgIpc) is 2.72. The van der Waals surface area contributed by atoms with E-state index in [0.29, 0.717) is 6.54 Å². The van der Waals surface area contributed by atoms with Crippen LogP contribution in [0.5, 0.6) is 0 Å². The van der Waals surface area contributed by atoms with Crippen LogP contribution in [0.3, 0.4) is 0 Å². The summed E-state index contributed by atoms with van der Waals surface area (Å²) in [6.45, 7) is 4.12. The first-order valence-corrected chi connectivity index (χ1v) is 5.85. The molecule has 0 spiro atoms. The Morgan fingerprint density at radius 3 is 2.47 bits per heavy atom. The Balaban J connectivity index is 1.90. The minimum Gasteiger partial charge on any atom is -0.383 e. The molecule has 0 atom stereocenters. The zero-order valence-corrected chi connectivity index (χ0v) is 9.97. The van der Waals surface area contributed by atoms with Gasteiger partial charge in [0, 0.05) is 37.7 Å². The lowest BCUT2D eigenvalue weighted by Gasteiger charge is -2.06. The fourth-order valence-electron chi connectivity index (χ4n) is 1.74. The predicted octanol–water partition coefficient (Wildman–Crippen LogP) is 1.78. The van der Waals surface area contributed by atoms with Gasteiger partial charge in [0.05, 0.1) is 0 Å². The van der Waals surface area contributed by atoms with Crippen molar-refractivity contribution in [2.24, 2.45) is 0 Å². The fourth-order valence-corrected chi connectivity index (χ4v) is 1.74. The third-order valence-electron chi connectivity index (χ3n) is 2.71. The minimum atomic E-state index is 0.0577. The first kappa shape index (κ1) is 11.5. The molecule has 0 amide bonds. The van der Waals surface area contributed by atoms with Crippen molar-refractivity contribution in [1.29, 1.82) is 0 Å². The lowest BCUT2D eigenvalue weighted by Crippen LogP contribution is -2.25. The van der Waals surface area contributed by atoms with Crippen LogP contribution in [-0.4, -0.2) is 15.7 Å². The molecule has 4 nitrogen and oxygen atoms in total. The first-order chi connectivity index (χ1) is 8.31. The van der Waals surface area contributed by atoms with E-state index in [2.05, 4.69) is 5.32 Å². The molecule has 0 aliphatic rings. The molecule has 0 saturated carbocycles. The average molecular weight is 231 g/mol. The van der Waals surface area contributed by atoms with Crippen molar-refractivity contribution in [2.45, 2.75) is 20.0 Å². The maximum atomic E-state index is 11.7. The van der Waals surface area contributed by atoms with Crippen molar-refractivity contribution in [3.8, 4) is 0 Å². The molecule has 0 aliphatic heterocycles. The summed E-state index contributed by atoms with van der Waals surface area (Å²) in [7, 11) is 0. The summed E-state index contributed by atoms with van der Waals surface area (Å²) in [6, 6.07) is 9.99. The van der Waals surface area contributed by atoms with Crippen LogP contribution < -0.4 is 11.0 Å². The second-order valence-electron chi connectivity index (χ2n) is 3.85. The summed E-state index contributed by atoms with van der Waals surface area (Å²) in [5.74, 6) is 0. The molecule has 4 heteroatoms. The van der Waals surface area contributed by atoms with E-state index in [1.54, 1.807) is 9.13 Å². The maximum absolute atomic E-state index is 11.7. The standard InChI is InChI=1S/C13H17N3O/c1-2-15-10-11-16(13(15)17)9-8-14-12-6-4-3-5-7-12/h3-7,10-11,14H,2,8-9H2,1H3. The highest BCUT2D eigenvalue weighted by Crippen LogP contribution is 2.03. The monoisotopic (exact) mass is 231 g/mol. The Hall–Kier alpha value is -1.97. The number of hydrogen-bond donors (Lipinski definition) is 1. The summed E-state index contributed by atoms with van der Waals surface area (Å²) < 4.78 is 3.42. The van der Waals surface area contributed by atoms with E-state index in [1.807, 2.05) is 49.6 Å². The van der Waals surface area contributed by atoms with Gasteiger partial charge in [-0.1, -0.05) is 18.2 Å². The van der Waals surface area contributed by atoms with Gasteiger partial charge in [-0.25, -0.2) is 4.79 Å². The number of aromatic nitrogens is 2. The minimum absolute atomic E-state index is 0.0577. The van der Waals surface area contributed by atoms with E-state index >= 15 is 0 Å². The summed E-state index contributed by atoms with van der Waals surface area (Å²) in [5.41, 5.74) is 1.14. The molecule has 1 aromatic carbocycles. The van der Waals surface area contributed by atoms with Crippen molar-refractivity contribution in [2.75, 3.05) is 11.9 Å². The van der Waals surface area contributed by atoms with Crippen LogP contribution in [0.4, 0.5) is 5.69 Å². The van der Waals surface area contributed by atoms with E-state index in [0.717, 1.165) is 18.8 Å². The first-order valence-electron chi connectivity index (χ1n) is 5.85. The third-order valence-corrected chi connectivity index (χ3v) is 2.71. The van der Waals surface area contributed by atoms with Gasteiger partial charge >= 0.3 is 5.69 Å². The number of para-hydroxylation sites is 1. The number of nitrogens with one attached hydrogen (secondary N) is 1. The second kappa shape index (κ2) is 5.39. The van der Waals surface area contributed by atoms with Crippen LogP contribution in [-0.2, 0) is 13.1 Å². The highest BCUT2D eigenvalue weighted by atomic mass is 16.1. The highest BCUT2D eigenvalue weighted by molar-refractivity contribution is 5.42. The molecule has 0 bridgehead atoms. The van der Waals surface area contributed by atoms with E-state index in [4.69, 9.17) is 0 Å². The van der Waals surface area contributed by atoms with Crippen molar-refractivity contribution in [3.05, 3.63) is 53.2 Å². The molecule has 1 N–H and O–H groups in total. The Morgan fingerprint density at radius 2 is 1.82 bits per heavy atom. The van der Waals surface area contributed by atoms with Crippen LogP contribution in [0.1, 0.15) is 6.92 Å². The van der Waals surface area contributed by atoms with Gasteiger partial charge in [-0.15, -0.1) is 0 Å². The molecule has 1 aromatic heterocycles. The van der Waals surface area contributed by atoms with E-state index in [1.165, 1.54) is 0 Å². The third kappa shape index (κ3) is 2.78. The molecule has 0 fully saturated rings. The normalized spacial score (nSPS) is 10.4. The zero-order valence-electron chi connectivity index (χ0n) is 9.97. The Bertz CT molecular complexity index is 513. The number of benzene rings is 1. The topological polar surface area (TPSA) is 39.0 Å². The van der Waals surface area contributed by atoms with Gasteiger partial charge < -0.3 is 5.32 Å². The number of nitrogens with zero attached hydrogens (tertiary/aromatic N) is 2. The largest absolute Gasteiger partial charge is 0.383 e. The quantitative estimate of drug-likeness (QED) is 0.852. The lowest BCUT2D eigenvalue weighted by atomic mass is 10.3. The molecule has 0 aliphatic carbocycles. The molecule has 0 saturated heterocycles. The smallest absolute Gasteiger partial charge is 0.328 e. The van der Waals surface area contributed by atoms with Crippen LogP contribution in [0.15, 0.2) is 47.5 Å². The second-order valence-corrected chi connectivity index (χ2v) is 3.85. The van der Waals surface area contributed by atoms with E-state index in [9.17, 15) is 4.79 Å². The SMILES string of the molecule is CCn1ccn(CCNc2ccccc2)c1=O. The molecule has 17 heavy (non-hydrogen) atoms. The van der Waals surface area contributed by atoms with Crippen molar-refractivity contribution in [1.82, 2.24) is 9.13 Å². The number of rotatable bonds is 5. The predicted molar refractivity (Wildman–Crippen MR) is 69.3 cm³/mol. The van der Waals surface area contributed by atoms with Crippen LogP contribution in [0.25, 0.3) is 0 Å². The molecule has 0 unspecified atom stereocenters. The number of imidazole rings is 1. The van der Waals surface area contributed by atoms with E-state index < -0.39 is 0 Å². The van der Waals surface area contributed by atoms with Gasteiger partial charge in [-0.2, -0.15) is 0 Å². The van der Waals surface area contributed by atoms with E-state index in [-0.39, 0.29) is 5.69 Å². The number of hydrogen-bond acceptors (Lipinski definition) is 2. The highest BCUT2D eigenvalue weighted by Gasteiger charge is 2.00. The molecule has 2 aromatic rings. The molecular formula is C13H17N3O. The van der Waals surface area contributed by atoms with Crippen LogP contribution >= 0.6 is 0 Å². The Labute approximate surface area is 101 Å². The van der Waals surface area contributed by atoms with Gasteiger partial charge in [0.1, 0.15) is 0 Å². The van der Waals surface area contributed by atoms with Gasteiger partial charge in [-0.05, 0) is 19.1 Å². The van der Waals surface area contributed by atoms with Crippen LogP contribution in [0.2, 0.25) is 0 Å². The molecule has 0 radical (unpaired) electrons. The maximum Gasteiger partial charge on any atom is 0.328 e. The van der Waals surface area contributed by atoms with Gasteiger partial charge in [0.15, 0.2) is 0 Å². The Kier molecular flexibility index (Phi) is 3.65. The van der Waals surface area contributed by atoms with Gasteiger partial charge in [0.25, 0.3) is 0 Å². The number of anilines is 1. The summed E-state index contributed by atoms with van der Waals surface area (Å²) >= 11 is 0. The van der Waals surface area contributed by atoms with Crippen LogP contribution in [0, 0.1) is 0 Å².